The summed E-state index contributed by atoms with van der Waals surface area (Å²) >= 11 is 0. The van der Waals surface area contributed by atoms with Crippen LogP contribution >= 0.6 is 0 Å². The number of non-ortho nitro benzene ring substituents is 1. The van der Waals surface area contributed by atoms with Crippen LogP contribution in [0, 0.1) is 10.1 Å². The van der Waals surface area contributed by atoms with Crippen LogP contribution in [0.15, 0.2) is 89.5 Å². The molecule has 0 bridgehead atoms. The minimum Gasteiger partial charge on any atom is -0.465 e. The van der Waals surface area contributed by atoms with Crippen molar-refractivity contribution in [2.45, 2.75) is 0 Å². The van der Waals surface area contributed by atoms with Gasteiger partial charge in [0.1, 0.15) is 5.71 Å². The van der Waals surface area contributed by atoms with E-state index in [4.69, 9.17) is 4.74 Å². The van der Waals surface area contributed by atoms with Crippen LogP contribution in [0.3, 0.4) is 0 Å². The van der Waals surface area contributed by atoms with Crippen LogP contribution in [-0.2, 0) is 9.53 Å². The summed E-state index contributed by atoms with van der Waals surface area (Å²) in [6.07, 6.45) is 1.70. The molecule has 0 N–H and O–H groups in total. The number of hydrogen-bond acceptors (Lipinski definition) is 6. The van der Waals surface area contributed by atoms with Crippen LogP contribution < -0.4 is 5.01 Å². The number of amides is 1. The van der Waals surface area contributed by atoms with E-state index in [9.17, 15) is 19.7 Å². The Morgan fingerprint density at radius 2 is 1.66 bits per heavy atom. The average molecular weight is 427 g/mol. The second-order valence-electron chi connectivity index (χ2n) is 6.88. The standard InChI is InChI=1S/C24H17N3O5/c1-32-24(29)18-9-7-16(8-10-18)15-21-22(17-5-3-2-4-6-17)25-26(23(21)28)19-11-13-20(14-12-19)27(30)31/h2-15H,1H3/b21-15+. The van der Waals surface area contributed by atoms with Gasteiger partial charge in [-0.1, -0.05) is 42.5 Å². The van der Waals surface area contributed by atoms with E-state index in [1.54, 1.807) is 30.3 Å². The molecular weight excluding hydrogens is 410 g/mol. The van der Waals surface area contributed by atoms with E-state index in [0.717, 1.165) is 5.56 Å². The summed E-state index contributed by atoms with van der Waals surface area (Å²) in [4.78, 5) is 35.4. The number of hydrazone groups is 1. The van der Waals surface area contributed by atoms with Crippen LogP contribution in [0.2, 0.25) is 0 Å². The van der Waals surface area contributed by atoms with Gasteiger partial charge in [0.05, 0.1) is 28.9 Å². The molecular formula is C24H17N3O5. The van der Waals surface area contributed by atoms with E-state index >= 15 is 0 Å². The van der Waals surface area contributed by atoms with Gasteiger partial charge in [-0.15, -0.1) is 0 Å². The van der Waals surface area contributed by atoms with Gasteiger partial charge in [-0.05, 0) is 35.9 Å². The number of esters is 1. The Hall–Kier alpha value is -4.59. The highest BCUT2D eigenvalue weighted by Crippen LogP contribution is 2.29. The Bertz CT molecular complexity index is 1250. The number of hydrogen-bond donors (Lipinski definition) is 0. The van der Waals surface area contributed by atoms with Gasteiger partial charge in [0.2, 0.25) is 0 Å². The van der Waals surface area contributed by atoms with Crippen molar-refractivity contribution in [3.8, 4) is 0 Å². The lowest BCUT2D eigenvalue weighted by molar-refractivity contribution is -0.384. The second-order valence-corrected chi connectivity index (χ2v) is 6.88. The maximum atomic E-state index is 13.3. The molecule has 1 aliphatic rings. The van der Waals surface area contributed by atoms with Crippen LogP contribution in [0.4, 0.5) is 11.4 Å². The fraction of sp³-hybridized carbons (Fsp3) is 0.0417. The number of rotatable bonds is 5. The van der Waals surface area contributed by atoms with Crippen molar-refractivity contribution in [2.24, 2.45) is 5.10 Å². The number of ether oxygens (including phenoxy) is 1. The van der Waals surface area contributed by atoms with Crippen LogP contribution in [0.5, 0.6) is 0 Å². The van der Waals surface area contributed by atoms with E-state index in [1.165, 1.54) is 36.4 Å². The van der Waals surface area contributed by atoms with Gasteiger partial charge in [-0.2, -0.15) is 10.1 Å². The Kier molecular flexibility index (Phi) is 5.59. The molecule has 0 saturated heterocycles. The molecule has 0 aliphatic carbocycles. The molecule has 4 rings (SSSR count). The van der Waals surface area contributed by atoms with Crippen molar-refractivity contribution in [1.82, 2.24) is 0 Å². The topological polar surface area (TPSA) is 102 Å². The molecule has 32 heavy (non-hydrogen) atoms. The second kappa shape index (κ2) is 8.65. The third kappa shape index (κ3) is 4.01. The van der Waals surface area contributed by atoms with Crippen LogP contribution in [-0.4, -0.2) is 29.6 Å². The van der Waals surface area contributed by atoms with E-state index in [0.29, 0.717) is 28.1 Å². The maximum Gasteiger partial charge on any atom is 0.337 e. The summed E-state index contributed by atoms with van der Waals surface area (Å²) in [6, 6.07) is 21.5. The van der Waals surface area contributed by atoms with Crippen molar-refractivity contribution in [3.05, 3.63) is 111 Å². The first-order chi connectivity index (χ1) is 15.5. The fourth-order valence-electron chi connectivity index (χ4n) is 3.24. The zero-order valence-corrected chi connectivity index (χ0v) is 17.0. The van der Waals surface area contributed by atoms with Crippen LogP contribution in [0.1, 0.15) is 21.5 Å². The van der Waals surface area contributed by atoms with Gasteiger partial charge in [0, 0.05) is 17.7 Å². The minimum atomic E-state index is -0.502. The fourth-order valence-corrected chi connectivity index (χ4v) is 3.24. The van der Waals surface area contributed by atoms with E-state index < -0.39 is 10.9 Å². The molecule has 1 aliphatic heterocycles. The Labute approximate surface area is 183 Å². The number of methoxy groups -OCH3 is 1. The smallest absolute Gasteiger partial charge is 0.337 e. The molecule has 0 saturated carbocycles. The molecule has 0 atom stereocenters. The quantitative estimate of drug-likeness (QED) is 0.263. The van der Waals surface area contributed by atoms with E-state index in [-0.39, 0.29) is 11.6 Å². The molecule has 0 radical (unpaired) electrons. The van der Waals surface area contributed by atoms with Gasteiger partial charge < -0.3 is 4.74 Å². The van der Waals surface area contributed by atoms with E-state index in [1.807, 2.05) is 30.3 Å². The molecule has 1 heterocycles. The lowest BCUT2D eigenvalue weighted by Gasteiger charge is -2.11. The SMILES string of the molecule is COC(=O)c1ccc(/C=C2/C(=O)N(c3ccc([N+](=O)[O-])cc3)N=C2c2ccccc2)cc1. The first-order valence-electron chi connectivity index (χ1n) is 9.61. The third-order valence-corrected chi connectivity index (χ3v) is 4.87. The minimum absolute atomic E-state index is 0.0749. The number of nitro benzene ring substituents is 1. The summed E-state index contributed by atoms with van der Waals surface area (Å²) in [5.74, 6) is -0.813. The molecule has 0 unspecified atom stereocenters. The van der Waals surface area contributed by atoms with Crippen molar-refractivity contribution < 1.29 is 19.2 Å². The summed E-state index contributed by atoms with van der Waals surface area (Å²) < 4.78 is 4.71. The summed E-state index contributed by atoms with van der Waals surface area (Å²) in [7, 11) is 1.31. The molecule has 0 spiro atoms. The number of nitro groups is 1. The Morgan fingerprint density at radius 1 is 1.00 bits per heavy atom. The highest BCUT2D eigenvalue weighted by atomic mass is 16.6. The van der Waals surface area contributed by atoms with Crippen molar-refractivity contribution in [1.29, 1.82) is 0 Å². The average Bonchev–Trinajstić information content (AvgIpc) is 3.15. The summed E-state index contributed by atoms with van der Waals surface area (Å²) in [5, 5.41) is 16.7. The summed E-state index contributed by atoms with van der Waals surface area (Å²) in [6.45, 7) is 0. The zero-order valence-electron chi connectivity index (χ0n) is 17.0. The van der Waals surface area contributed by atoms with Gasteiger partial charge in [-0.25, -0.2) is 4.79 Å². The maximum absolute atomic E-state index is 13.3. The van der Waals surface area contributed by atoms with E-state index in [2.05, 4.69) is 5.10 Å². The number of nitrogens with zero attached hydrogens (tertiary/aromatic N) is 3. The Morgan fingerprint density at radius 3 is 2.25 bits per heavy atom. The number of anilines is 1. The molecule has 1 amide bonds. The molecule has 3 aromatic carbocycles. The molecule has 0 aromatic heterocycles. The normalized spacial score (nSPS) is 14.4. The molecule has 8 nitrogen and oxygen atoms in total. The van der Waals surface area contributed by atoms with Crippen LogP contribution in [0.25, 0.3) is 6.08 Å². The summed E-state index contributed by atoms with van der Waals surface area (Å²) in [5.41, 5.74) is 3.04. The van der Waals surface area contributed by atoms with Crippen molar-refractivity contribution in [2.75, 3.05) is 12.1 Å². The first kappa shape index (κ1) is 20.7. The number of carbonyl (C=O) groups is 2. The lowest BCUT2D eigenvalue weighted by atomic mass is 10.00. The largest absolute Gasteiger partial charge is 0.465 e. The monoisotopic (exact) mass is 427 g/mol. The highest BCUT2D eigenvalue weighted by molar-refractivity contribution is 6.37. The highest BCUT2D eigenvalue weighted by Gasteiger charge is 2.32. The lowest BCUT2D eigenvalue weighted by Crippen LogP contribution is -2.21. The predicted octanol–water partition coefficient (Wildman–Crippen LogP) is 4.22. The number of carbonyl (C=O) groups excluding carboxylic acids is 2. The number of benzene rings is 3. The Balaban J connectivity index is 1.74. The van der Waals surface area contributed by atoms with Gasteiger partial charge in [0.25, 0.3) is 11.6 Å². The van der Waals surface area contributed by atoms with Crippen molar-refractivity contribution in [3.63, 3.8) is 0 Å². The van der Waals surface area contributed by atoms with Gasteiger partial charge in [0.15, 0.2) is 0 Å². The van der Waals surface area contributed by atoms with Gasteiger partial charge >= 0.3 is 5.97 Å². The molecule has 0 fully saturated rings. The third-order valence-electron chi connectivity index (χ3n) is 4.87. The predicted molar refractivity (Wildman–Crippen MR) is 119 cm³/mol. The molecule has 8 heteroatoms. The molecule has 158 valence electrons. The first-order valence-corrected chi connectivity index (χ1v) is 9.61. The zero-order chi connectivity index (χ0) is 22.7. The van der Waals surface area contributed by atoms with Gasteiger partial charge in [-0.3, -0.25) is 14.9 Å². The van der Waals surface area contributed by atoms with Crippen molar-refractivity contribution >= 4 is 35.0 Å². The molecule has 3 aromatic rings.